The van der Waals surface area contributed by atoms with E-state index in [1.165, 1.54) is 0 Å². The lowest BCUT2D eigenvalue weighted by atomic mass is 10.2. The van der Waals surface area contributed by atoms with E-state index in [-0.39, 0.29) is 13.2 Å². The molecule has 0 bridgehead atoms. The maximum absolute atomic E-state index is 12.2. The molecule has 0 aliphatic rings. The molecule has 0 aliphatic carbocycles. The molecule has 1 aromatic heterocycles. The molecule has 0 aromatic carbocycles. The monoisotopic (exact) mass is 235 g/mol. The Morgan fingerprint density at radius 3 is 2.73 bits per heavy atom. The van der Waals surface area contributed by atoms with Gasteiger partial charge >= 0.3 is 0 Å². The van der Waals surface area contributed by atoms with Gasteiger partial charge in [0.2, 0.25) is 0 Å². The molecule has 1 heterocycles. The van der Waals surface area contributed by atoms with Crippen molar-refractivity contribution in [2.75, 3.05) is 26.2 Å². The Morgan fingerprint density at radius 2 is 2.20 bits per heavy atom. The summed E-state index contributed by atoms with van der Waals surface area (Å²) < 4.78 is 24.3. The van der Waals surface area contributed by atoms with Crippen LogP contribution < -0.4 is 0 Å². The minimum absolute atomic E-state index is 0.0731. The molecule has 0 aliphatic heterocycles. The Labute approximate surface area is 92.1 Å². The summed E-state index contributed by atoms with van der Waals surface area (Å²) in [6.45, 7) is 0.553. The van der Waals surface area contributed by atoms with Crippen molar-refractivity contribution in [1.82, 2.24) is 4.90 Å². The molecule has 86 valence electrons. The fourth-order valence-electron chi connectivity index (χ4n) is 1.35. The lowest BCUT2D eigenvalue weighted by molar-refractivity contribution is 0.0790. The number of alkyl halides is 2. The Hall–Kier alpha value is -0.520. The number of hydrogen-bond donors (Lipinski definition) is 1. The summed E-state index contributed by atoms with van der Waals surface area (Å²) in [5.74, 6) is 0. The van der Waals surface area contributed by atoms with E-state index in [0.29, 0.717) is 13.1 Å². The molecule has 0 spiro atoms. The van der Waals surface area contributed by atoms with Gasteiger partial charge in [0.05, 0.1) is 13.2 Å². The summed E-state index contributed by atoms with van der Waals surface area (Å²) in [7, 11) is 0. The van der Waals surface area contributed by atoms with Crippen molar-refractivity contribution in [3.8, 4) is 0 Å². The molecular weight excluding hydrogens is 220 g/mol. The lowest BCUT2D eigenvalue weighted by Gasteiger charge is -2.20. The van der Waals surface area contributed by atoms with Crippen LogP contribution in [0.1, 0.15) is 5.56 Å². The standard InChI is InChI=1S/C10H15F2NOS/c11-10(12)7-13(4-5-14)3-1-9-2-6-15-8-9/h2,6,8,10,14H,1,3-5,7H2. The van der Waals surface area contributed by atoms with E-state index >= 15 is 0 Å². The summed E-state index contributed by atoms with van der Waals surface area (Å²) in [4.78, 5) is 1.59. The molecule has 0 saturated heterocycles. The van der Waals surface area contributed by atoms with Gasteiger partial charge in [0.15, 0.2) is 0 Å². The fourth-order valence-corrected chi connectivity index (χ4v) is 2.06. The molecule has 5 heteroatoms. The first-order valence-corrected chi connectivity index (χ1v) is 5.79. The van der Waals surface area contributed by atoms with E-state index < -0.39 is 6.43 Å². The van der Waals surface area contributed by atoms with E-state index in [1.54, 1.807) is 16.2 Å². The molecule has 0 unspecified atom stereocenters. The summed E-state index contributed by atoms with van der Waals surface area (Å²) in [6.07, 6.45) is -1.57. The molecule has 1 aromatic rings. The zero-order valence-electron chi connectivity index (χ0n) is 8.40. The van der Waals surface area contributed by atoms with Crippen molar-refractivity contribution in [2.45, 2.75) is 12.8 Å². The van der Waals surface area contributed by atoms with Gasteiger partial charge in [0.1, 0.15) is 0 Å². The van der Waals surface area contributed by atoms with Crippen LogP contribution in [0.4, 0.5) is 8.78 Å². The number of hydrogen-bond acceptors (Lipinski definition) is 3. The Balaban J connectivity index is 2.30. The van der Waals surface area contributed by atoms with Crippen molar-refractivity contribution in [2.24, 2.45) is 0 Å². The number of thiophene rings is 1. The van der Waals surface area contributed by atoms with Crippen LogP contribution in [0.2, 0.25) is 0 Å². The summed E-state index contributed by atoms with van der Waals surface area (Å²) in [6, 6.07) is 1.99. The van der Waals surface area contributed by atoms with Gasteiger partial charge in [0.25, 0.3) is 6.43 Å². The van der Waals surface area contributed by atoms with Gasteiger partial charge in [-0.25, -0.2) is 8.78 Å². The van der Waals surface area contributed by atoms with Crippen molar-refractivity contribution in [3.05, 3.63) is 22.4 Å². The third kappa shape index (κ3) is 5.20. The minimum Gasteiger partial charge on any atom is -0.395 e. The van der Waals surface area contributed by atoms with Gasteiger partial charge in [-0.15, -0.1) is 0 Å². The zero-order chi connectivity index (χ0) is 11.1. The molecule has 0 amide bonds. The normalized spacial score (nSPS) is 11.5. The van der Waals surface area contributed by atoms with E-state index in [0.717, 1.165) is 12.0 Å². The lowest BCUT2D eigenvalue weighted by Crippen LogP contribution is -2.33. The van der Waals surface area contributed by atoms with Crippen molar-refractivity contribution in [1.29, 1.82) is 0 Å². The molecule has 1 N–H and O–H groups in total. The maximum Gasteiger partial charge on any atom is 0.251 e. The minimum atomic E-state index is -2.33. The number of rotatable bonds is 7. The van der Waals surface area contributed by atoms with Crippen LogP contribution in [-0.4, -0.2) is 42.7 Å². The van der Waals surface area contributed by atoms with Crippen molar-refractivity contribution in [3.63, 3.8) is 0 Å². The van der Waals surface area contributed by atoms with Gasteiger partial charge in [-0.2, -0.15) is 11.3 Å². The fraction of sp³-hybridized carbons (Fsp3) is 0.600. The highest BCUT2D eigenvalue weighted by atomic mass is 32.1. The van der Waals surface area contributed by atoms with Crippen LogP contribution in [0.5, 0.6) is 0 Å². The predicted octanol–water partition coefficient (Wildman–Crippen LogP) is 1.85. The molecule has 15 heavy (non-hydrogen) atoms. The number of halogens is 2. The van der Waals surface area contributed by atoms with E-state index in [2.05, 4.69) is 0 Å². The number of aliphatic hydroxyl groups excluding tert-OH is 1. The highest BCUT2D eigenvalue weighted by molar-refractivity contribution is 7.07. The maximum atomic E-state index is 12.2. The molecule has 0 radical (unpaired) electrons. The Kier molecular flexibility index (Phi) is 5.75. The van der Waals surface area contributed by atoms with E-state index in [4.69, 9.17) is 5.11 Å². The van der Waals surface area contributed by atoms with Crippen LogP contribution in [0.15, 0.2) is 16.8 Å². The van der Waals surface area contributed by atoms with Gasteiger partial charge in [0, 0.05) is 13.1 Å². The highest BCUT2D eigenvalue weighted by Crippen LogP contribution is 2.08. The zero-order valence-corrected chi connectivity index (χ0v) is 9.22. The van der Waals surface area contributed by atoms with Crippen LogP contribution >= 0.6 is 11.3 Å². The molecule has 2 nitrogen and oxygen atoms in total. The SMILES string of the molecule is OCCN(CCc1ccsc1)CC(F)F. The van der Waals surface area contributed by atoms with Crippen LogP contribution in [0, 0.1) is 0 Å². The molecular formula is C10H15F2NOS. The quantitative estimate of drug-likeness (QED) is 0.779. The average molecular weight is 235 g/mol. The Bertz CT molecular complexity index is 254. The summed E-state index contributed by atoms with van der Waals surface area (Å²) in [5, 5.41) is 12.7. The van der Waals surface area contributed by atoms with Crippen LogP contribution in [0.25, 0.3) is 0 Å². The van der Waals surface area contributed by atoms with Gasteiger partial charge in [-0.1, -0.05) is 0 Å². The van der Waals surface area contributed by atoms with Gasteiger partial charge < -0.3 is 5.11 Å². The third-order valence-corrected chi connectivity index (χ3v) is 2.84. The Morgan fingerprint density at radius 1 is 1.40 bits per heavy atom. The summed E-state index contributed by atoms with van der Waals surface area (Å²) >= 11 is 1.60. The molecule has 0 saturated carbocycles. The first-order chi connectivity index (χ1) is 7.22. The second-order valence-electron chi connectivity index (χ2n) is 3.30. The van der Waals surface area contributed by atoms with Crippen LogP contribution in [-0.2, 0) is 6.42 Å². The van der Waals surface area contributed by atoms with Crippen LogP contribution in [0.3, 0.4) is 0 Å². The molecule has 0 fully saturated rings. The van der Waals surface area contributed by atoms with E-state index in [1.807, 2.05) is 16.8 Å². The first-order valence-electron chi connectivity index (χ1n) is 4.85. The predicted molar refractivity (Wildman–Crippen MR) is 57.6 cm³/mol. The molecule has 1 rings (SSSR count). The highest BCUT2D eigenvalue weighted by Gasteiger charge is 2.11. The second kappa shape index (κ2) is 6.87. The topological polar surface area (TPSA) is 23.5 Å². The smallest absolute Gasteiger partial charge is 0.251 e. The van der Waals surface area contributed by atoms with Crippen molar-refractivity contribution < 1.29 is 13.9 Å². The second-order valence-corrected chi connectivity index (χ2v) is 4.08. The average Bonchev–Trinajstić information content (AvgIpc) is 2.66. The third-order valence-electron chi connectivity index (χ3n) is 2.11. The van der Waals surface area contributed by atoms with E-state index in [9.17, 15) is 8.78 Å². The molecule has 0 atom stereocenters. The van der Waals surface area contributed by atoms with Gasteiger partial charge in [-0.3, -0.25) is 4.90 Å². The van der Waals surface area contributed by atoms with Gasteiger partial charge in [-0.05, 0) is 28.8 Å². The number of nitrogens with zero attached hydrogens (tertiary/aromatic N) is 1. The first kappa shape index (κ1) is 12.5. The van der Waals surface area contributed by atoms with Crippen molar-refractivity contribution >= 4 is 11.3 Å². The summed E-state index contributed by atoms with van der Waals surface area (Å²) in [5.41, 5.74) is 1.16. The number of aliphatic hydroxyl groups is 1. The largest absolute Gasteiger partial charge is 0.395 e.